The van der Waals surface area contributed by atoms with E-state index in [1.165, 1.54) is 17.3 Å². The Labute approximate surface area is 94.4 Å². The zero-order valence-electron chi connectivity index (χ0n) is 9.06. The molecule has 0 radical (unpaired) electrons. The van der Waals surface area contributed by atoms with E-state index in [0.717, 1.165) is 5.69 Å². The molecule has 3 nitrogen and oxygen atoms in total. The molecule has 0 aromatic heterocycles. The molecule has 1 rings (SSSR count). The SMILES string of the molecule is CSC(=NC#N)N(C)c1ccccc1C. The number of benzene rings is 1. The summed E-state index contributed by atoms with van der Waals surface area (Å²) in [6.07, 6.45) is 3.72. The van der Waals surface area contributed by atoms with Crippen LogP contribution < -0.4 is 4.90 Å². The topological polar surface area (TPSA) is 39.4 Å². The summed E-state index contributed by atoms with van der Waals surface area (Å²) in [6.45, 7) is 2.04. The van der Waals surface area contributed by atoms with E-state index >= 15 is 0 Å². The number of nitrogens with zero attached hydrogens (tertiary/aromatic N) is 3. The van der Waals surface area contributed by atoms with Crippen LogP contribution in [0.1, 0.15) is 5.56 Å². The average molecular weight is 219 g/mol. The summed E-state index contributed by atoms with van der Waals surface area (Å²) in [6, 6.07) is 8.02. The minimum Gasteiger partial charge on any atom is -0.323 e. The molecule has 0 spiro atoms. The Bertz CT molecular complexity index is 407. The van der Waals surface area contributed by atoms with E-state index in [2.05, 4.69) is 4.99 Å². The Morgan fingerprint density at radius 2 is 2.13 bits per heavy atom. The summed E-state index contributed by atoms with van der Waals surface area (Å²) < 4.78 is 0. The van der Waals surface area contributed by atoms with Gasteiger partial charge in [-0.15, -0.1) is 4.99 Å². The summed E-state index contributed by atoms with van der Waals surface area (Å²) in [5.41, 5.74) is 2.24. The van der Waals surface area contributed by atoms with E-state index < -0.39 is 0 Å². The van der Waals surface area contributed by atoms with Gasteiger partial charge in [-0.2, -0.15) is 5.26 Å². The van der Waals surface area contributed by atoms with E-state index in [9.17, 15) is 0 Å². The monoisotopic (exact) mass is 219 g/mol. The molecule has 78 valence electrons. The van der Waals surface area contributed by atoms with Crippen molar-refractivity contribution in [3.8, 4) is 6.19 Å². The van der Waals surface area contributed by atoms with Gasteiger partial charge in [0.25, 0.3) is 0 Å². The van der Waals surface area contributed by atoms with Gasteiger partial charge >= 0.3 is 0 Å². The van der Waals surface area contributed by atoms with E-state index in [1.54, 1.807) is 0 Å². The molecule has 0 unspecified atom stereocenters. The van der Waals surface area contributed by atoms with Crippen molar-refractivity contribution in [2.24, 2.45) is 4.99 Å². The number of hydrogen-bond donors (Lipinski definition) is 0. The molecule has 1 aromatic rings. The standard InChI is InChI=1S/C11H13N3S/c1-9-6-4-5-7-10(9)14(2)11(15-3)13-8-12/h4-7H,1-3H3. The molecular weight excluding hydrogens is 206 g/mol. The van der Waals surface area contributed by atoms with E-state index in [-0.39, 0.29) is 0 Å². The van der Waals surface area contributed by atoms with Gasteiger partial charge in [-0.25, -0.2) is 0 Å². The fraction of sp³-hybridized carbons (Fsp3) is 0.273. The van der Waals surface area contributed by atoms with Crippen molar-refractivity contribution in [2.75, 3.05) is 18.2 Å². The summed E-state index contributed by atoms with van der Waals surface area (Å²) >= 11 is 1.46. The Balaban J connectivity index is 3.04. The van der Waals surface area contributed by atoms with Crippen LogP contribution in [0.25, 0.3) is 0 Å². The second-order valence-corrected chi connectivity index (χ2v) is 3.82. The van der Waals surface area contributed by atoms with Crippen molar-refractivity contribution in [1.29, 1.82) is 5.26 Å². The van der Waals surface area contributed by atoms with Gasteiger partial charge in [0.15, 0.2) is 5.17 Å². The van der Waals surface area contributed by atoms with E-state index in [4.69, 9.17) is 5.26 Å². The summed E-state index contributed by atoms with van der Waals surface area (Å²) in [5.74, 6) is 0. The first-order valence-electron chi connectivity index (χ1n) is 4.50. The Morgan fingerprint density at radius 3 is 2.67 bits per heavy atom. The van der Waals surface area contributed by atoms with Gasteiger partial charge < -0.3 is 4.90 Å². The summed E-state index contributed by atoms with van der Waals surface area (Å²) in [5, 5.41) is 9.26. The lowest BCUT2D eigenvalue weighted by Crippen LogP contribution is -2.23. The van der Waals surface area contributed by atoms with Crippen LogP contribution in [0, 0.1) is 18.4 Å². The normalized spacial score (nSPS) is 10.9. The predicted molar refractivity (Wildman–Crippen MR) is 66.1 cm³/mol. The Hall–Kier alpha value is -1.47. The lowest BCUT2D eigenvalue weighted by molar-refractivity contribution is 1.24. The van der Waals surface area contributed by atoms with Gasteiger partial charge in [0, 0.05) is 12.7 Å². The van der Waals surface area contributed by atoms with Crippen molar-refractivity contribution in [2.45, 2.75) is 6.92 Å². The van der Waals surface area contributed by atoms with E-state index in [0.29, 0.717) is 5.17 Å². The highest BCUT2D eigenvalue weighted by Crippen LogP contribution is 2.20. The molecule has 0 heterocycles. The highest BCUT2D eigenvalue weighted by atomic mass is 32.2. The minimum atomic E-state index is 0.701. The largest absolute Gasteiger partial charge is 0.323 e. The first-order chi connectivity index (χ1) is 7.20. The van der Waals surface area contributed by atoms with Gasteiger partial charge in [-0.05, 0) is 24.8 Å². The maximum Gasteiger partial charge on any atom is 0.208 e. The Kier molecular flexibility index (Phi) is 4.19. The summed E-state index contributed by atoms with van der Waals surface area (Å²) in [7, 11) is 1.91. The number of hydrogen-bond acceptors (Lipinski definition) is 3. The third kappa shape index (κ3) is 2.74. The van der Waals surface area contributed by atoms with Crippen LogP contribution in [0.2, 0.25) is 0 Å². The first kappa shape index (κ1) is 11.6. The van der Waals surface area contributed by atoms with Gasteiger partial charge in [-0.1, -0.05) is 30.0 Å². The van der Waals surface area contributed by atoms with Gasteiger partial charge in [0.05, 0.1) is 0 Å². The second kappa shape index (κ2) is 5.42. The van der Waals surface area contributed by atoms with E-state index in [1.807, 2.05) is 55.6 Å². The third-order valence-corrected chi connectivity index (χ3v) is 2.82. The van der Waals surface area contributed by atoms with Crippen LogP contribution in [-0.4, -0.2) is 18.5 Å². The fourth-order valence-electron chi connectivity index (χ4n) is 1.34. The quantitative estimate of drug-likeness (QED) is 0.414. The van der Waals surface area contributed by atoms with Crippen LogP contribution in [0.5, 0.6) is 0 Å². The molecule has 4 heteroatoms. The average Bonchev–Trinajstić information content (AvgIpc) is 2.25. The van der Waals surface area contributed by atoms with Crippen LogP contribution in [0.4, 0.5) is 5.69 Å². The number of rotatable bonds is 1. The van der Waals surface area contributed by atoms with Crippen molar-refractivity contribution < 1.29 is 0 Å². The number of thioether (sulfide) groups is 1. The first-order valence-corrected chi connectivity index (χ1v) is 5.73. The van der Waals surface area contributed by atoms with Crippen molar-refractivity contribution in [1.82, 2.24) is 0 Å². The van der Waals surface area contributed by atoms with Gasteiger partial charge in [-0.3, -0.25) is 0 Å². The molecule has 0 saturated carbocycles. The molecule has 0 N–H and O–H groups in total. The molecule has 0 bridgehead atoms. The minimum absolute atomic E-state index is 0.701. The van der Waals surface area contributed by atoms with Crippen molar-refractivity contribution in [3.05, 3.63) is 29.8 Å². The molecule has 0 aliphatic rings. The van der Waals surface area contributed by atoms with Crippen molar-refractivity contribution in [3.63, 3.8) is 0 Å². The number of aliphatic imine (C=N–C) groups is 1. The molecule has 0 fully saturated rings. The molecule has 0 saturated heterocycles. The summed E-state index contributed by atoms with van der Waals surface area (Å²) in [4.78, 5) is 5.69. The van der Waals surface area contributed by atoms with Gasteiger partial charge in [0.2, 0.25) is 6.19 Å². The molecular formula is C11H13N3S. The molecule has 0 amide bonds. The molecule has 15 heavy (non-hydrogen) atoms. The van der Waals surface area contributed by atoms with Crippen molar-refractivity contribution >= 4 is 22.6 Å². The van der Waals surface area contributed by atoms with Crippen LogP contribution in [-0.2, 0) is 0 Å². The lowest BCUT2D eigenvalue weighted by Gasteiger charge is -2.20. The number of aryl methyl sites for hydroxylation is 1. The maximum atomic E-state index is 8.56. The number of nitriles is 1. The molecule has 1 aromatic carbocycles. The molecule has 0 aliphatic carbocycles. The fourth-order valence-corrected chi connectivity index (χ4v) is 1.85. The predicted octanol–water partition coefficient (Wildman–Crippen LogP) is 2.63. The van der Waals surface area contributed by atoms with Gasteiger partial charge in [0.1, 0.15) is 0 Å². The highest BCUT2D eigenvalue weighted by Gasteiger charge is 2.09. The number of anilines is 1. The lowest BCUT2D eigenvalue weighted by atomic mass is 10.2. The van der Waals surface area contributed by atoms with Crippen LogP contribution >= 0.6 is 11.8 Å². The number of amidine groups is 1. The second-order valence-electron chi connectivity index (χ2n) is 3.04. The zero-order valence-corrected chi connectivity index (χ0v) is 9.88. The third-order valence-electron chi connectivity index (χ3n) is 2.09. The number of para-hydroxylation sites is 1. The van der Waals surface area contributed by atoms with Crippen LogP contribution in [0.3, 0.4) is 0 Å². The smallest absolute Gasteiger partial charge is 0.208 e. The molecule has 0 atom stereocenters. The van der Waals surface area contributed by atoms with Crippen LogP contribution in [0.15, 0.2) is 29.3 Å². The maximum absolute atomic E-state index is 8.56. The zero-order chi connectivity index (χ0) is 11.3. The highest BCUT2D eigenvalue weighted by molar-refractivity contribution is 8.13. The molecule has 0 aliphatic heterocycles. The Morgan fingerprint density at radius 1 is 1.47 bits per heavy atom.